The van der Waals surface area contributed by atoms with Gasteiger partial charge in [0, 0.05) is 12.7 Å². The summed E-state index contributed by atoms with van der Waals surface area (Å²) < 4.78 is 5.19. The first-order chi connectivity index (χ1) is 13.3. The third-order valence-electron chi connectivity index (χ3n) is 4.07. The topological polar surface area (TPSA) is 101 Å². The monoisotopic (exact) mass is 361 g/mol. The summed E-state index contributed by atoms with van der Waals surface area (Å²) in [5.74, 6) is 2.03. The predicted molar refractivity (Wildman–Crippen MR) is 104 cm³/mol. The van der Waals surface area contributed by atoms with Crippen molar-refractivity contribution in [2.24, 2.45) is 0 Å². The molecular formula is C19H19N7O. The first kappa shape index (κ1) is 16.8. The third kappa shape index (κ3) is 3.95. The molecular weight excluding hydrogens is 342 g/mol. The van der Waals surface area contributed by atoms with E-state index in [1.54, 1.807) is 25.8 Å². The van der Waals surface area contributed by atoms with Gasteiger partial charge in [-0.1, -0.05) is 12.1 Å². The highest BCUT2D eigenvalue weighted by molar-refractivity contribution is 5.84. The Morgan fingerprint density at radius 1 is 1.11 bits per heavy atom. The van der Waals surface area contributed by atoms with Crippen LogP contribution < -0.4 is 15.4 Å². The number of methoxy groups -OCH3 is 1. The van der Waals surface area contributed by atoms with Crippen molar-refractivity contribution < 1.29 is 4.74 Å². The Labute approximate surface area is 156 Å². The summed E-state index contributed by atoms with van der Waals surface area (Å²) >= 11 is 0. The number of anilines is 3. The second-order valence-electron chi connectivity index (χ2n) is 5.89. The lowest BCUT2D eigenvalue weighted by molar-refractivity contribution is 0.414. The molecule has 0 aliphatic carbocycles. The number of pyridine rings is 1. The molecule has 27 heavy (non-hydrogen) atoms. The number of hydrogen-bond acceptors (Lipinski definition) is 7. The van der Waals surface area contributed by atoms with Gasteiger partial charge in [0.25, 0.3) is 0 Å². The van der Waals surface area contributed by atoms with E-state index in [1.165, 1.54) is 5.56 Å². The summed E-state index contributed by atoms with van der Waals surface area (Å²) in [5.41, 5.74) is 3.41. The van der Waals surface area contributed by atoms with E-state index >= 15 is 0 Å². The van der Waals surface area contributed by atoms with Gasteiger partial charge in [0.2, 0.25) is 5.95 Å². The van der Waals surface area contributed by atoms with Gasteiger partial charge in [0.15, 0.2) is 11.5 Å². The highest BCUT2D eigenvalue weighted by atomic mass is 16.5. The van der Waals surface area contributed by atoms with Crippen molar-refractivity contribution in [2.45, 2.75) is 6.42 Å². The zero-order valence-corrected chi connectivity index (χ0v) is 14.8. The van der Waals surface area contributed by atoms with Gasteiger partial charge in [0.05, 0.1) is 25.3 Å². The van der Waals surface area contributed by atoms with Crippen LogP contribution >= 0.6 is 0 Å². The molecule has 3 heterocycles. The van der Waals surface area contributed by atoms with Crippen molar-refractivity contribution in [3.05, 3.63) is 60.7 Å². The van der Waals surface area contributed by atoms with Crippen LogP contribution in [0, 0.1) is 0 Å². The zero-order valence-electron chi connectivity index (χ0n) is 14.8. The van der Waals surface area contributed by atoms with Crippen LogP contribution in [-0.2, 0) is 6.42 Å². The number of fused-ring (bicyclic) bond motifs is 1. The van der Waals surface area contributed by atoms with Crippen LogP contribution in [0.15, 0.2) is 55.1 Å². The lowest BCUT2D eigenvalue weighted by atomic mass is 10.1. The fraction of sp³-hybridized carbons (Fsp3) is 0.158. The Hall–Kier alpha value is -3.68. The van der Waals surface area contributed by atoms with E-state index in [2.05, 4.69) is 47.7 Å². The molecule has 8 heteroatoms. The number of nitrogens with one attached hydrogen (secondary N) is 3. The highest BCUT2D eigenvalue weighted by Crippen LogP contribution is 2.21. The smallest absolute Gasteiger partial charge is 0.231 e. The minimum Gasteiger partial charge on any atom is -0.497 e. The lowest BCUT2D eigenvalue weighted by Gasteiger charge is -2.10. The summed E-state index contributed by atoms with van der Waals surface area (Å²) in [4.78, 5) is 20.4. The Morgan fingerprint density at radius 3 is 2.78 bits per heavy atom. The molecule has 0 spiro atoms. The molecule has 4 aromatic rings. The van der Waals surface area contributed by atoms with E-state index in [0.29, 0.717) is 17.4 Å². The number of aromatic amines is 1. The normalized spacial score (nSPS) is 10.7. The van der Waals surface area contributed by atoms with Crippen LogP contribution in [0.4, 0.5) is 17.5 Å². The number of ether oxygens (including phenoxy) is 1. The molecule has 0 amide bonds. The SMILES string of the molecule is COc1ccc(CCNc2nc(Nc3cccnc3)nc3nc[nH]c23)cc1. The van der Waals surface area contributed by atoms with Crippen molar-refractivity contribution in [1.29, 1.82) is 0 Å². The van der Waals surface area contributed by atoms with Gasteiger partial charge in [-0.05, 0) is 36.2 Å². The van der Waals surface area contributed by atoms with E-state index in [-0.39, 0.29) is 0 Å². The number of nitrogens with zero attached hydrogens (tertiary/aromatic N) is 4. The summed E-state index contributed by atoms with van der Waals surface area (Å²) in [6.45, 7) is 0.726. The highest BCUT2D eigenvalue weighted by Gasteiger charge is 2.10. The number of rotatable bonds is 7. The average molecular weight is 361 g/mol. The number of imidazole rings is 1. The molecule has 1 aromatic carbocycles. The molecule has 0 saturated carbocycles. The molecule has 0 fully saturated rings. The predicted octanol–water partition coefficient (Wildman–Crippen LogP) is 3.15. The van der Waals surface area contributed by atoms with E-state index in [1.807, 2.05) is 24.3 Å². The first-order valence-electron chi connectivity index (χ1n) is 8.57. The van der Waals surface area contributed by atoms with Crippen molar-refractivity contribution in [1.82, 2.24) is 24.9 Å². The van der Waals surface area contributed by atoms with Crippen molar-refractivity contribution in [3.63, 3.8) is 0 Å². The standard InChI is InChI=1S/C19H19N7O/c1-27-15-6-4-13(5-7-15)8-10-21-17-16-18(23-12-22-16)26-19(25-17)24-14-3-2-9-20-11-14/h2-7,9,11-12H,8,10H2,1H3,(H3,21,22,23,24,25,26). The first-order valence-corrected chi connectivity index (χ1v) is 8.57. The van der Waals surface area contributed by atoms with Gasteiger partial charge >= 0.3 is 0 Å². The summed E-state index contributed by atoms with van der Waals surface area (Å²) in [7, 11) is 1.67. The summed E-state index contributed by atoms with van der Waals surface area (Å²) in [6.07, 6.45) is 5.90. The fourth-order valence-corrected chi connectivity index (χ4v) is 2.70. The Kier molecular flexibility index (Phi) is 4.78. The fourth-order valence-electron chi connectivity index (χ4n) is 2.70. The summed E-state index contributed by atoms with van der Waals surface area (Å²) in [5, 5.41) is 6.52. The molecule has 0 saturated heterocycles. The van der Waals surface area contributed by atoms with E-state index in [4.69, 9.17) is 4.74 Å². The molecule has 136 valence electrons. The molecule has 0 atom stereocenters. The molecule has 8 nitrogen and oxygen atoms in total. The molecule has 3 N–H and O–H groups in total. The molecule has 0 bridgehead atoms. The van der Waals surface area contributed by atoms with Crippen molar-refractivity contribution in [3.8, 4) is 5.75 Å². The van der Waals surface area contributed by atoms with Crippen molar-refractivity contribution in [2.75, 3.05) is 24.3 Å². The van der Waals surface area contributed by atoms with E-state index in [0.717, 1.165) is 29.9 Å². The second-order valence-corrected chi connectivity index (χ2v) is 5.89. The summed E-state index contributed by atoms with van der Waals surface area (Å²) in [6, 6.07) is 11.8. The molecule has 3 aromatic heterocycles. The van der Waals surface area contributed by atoms with Gasteiger partial charge in [-0.15, -0.1) is 0 Å². The molecule has 0 aliphatic rings. The van der Waals surface area contributed by atoms with E-state index in [9.17, 15) is 0 Å². The number of aromatic nitrogens is 5. The largest absolute Gasteiger partial charge is 0.497 e. The van der Waals surface area contributed by atoms with E-state index < -0.39 is 0 Å². The Balaban J connectivity index is 1.49. The maximum atomic E-state index is 5.19. The number of H-pyrrole nitrogens is 1. The van der Waals surface area contributed by atoms with Gasteiger partial charge < -0.3 is 20.4 Å². The van der Waals surface area contributed by atoms with Gasteiger partial charge in [-0.2, -0.15) is 9.97 Å². The maximum absolute atomic E-state index is 5.19. The molecule has 0 aliphatic heterocycles. The van der Waals surface area contributed by atoms with Gasteiger partial charge in [-0.3, -0.25) is 4.98 Å². The minimum absolute atomic E-state index is 0.467. The average Bonchev–Trinajstić information content (AvgIpc) is 3.18. The Bertz CT molecular complexity index is 1020. The number of hydrogen-bond donors (Lipinski definition) is 3. The minimum atomic E-state index is 0.467. The third-order valence-corrected chi connectivity index (χ3v) is 4.07. The molecule has 0 unspecified atom stereocenters. The quantitative estimate of drug-likeness (QED) is 0.465. The molecule has 0 radical (unpaired) electrons. The van der Waals surface area contributed by atoms with Crippen LogP contribution in [0.3, 0.4) is 0 Å². The lowest BCUT2D eigenvalue weighted by Crippen LogP contribution is -2.09. The zero-order chi connectivity index (χ0) is 18.5. The van der Waals surface area contributed by atoms with Crippen LogP contribution in [-0.4, -0.2) is 38.6 Å². The maximum Gasteiger partial charge on any atom is 0.231 e. The van der Waals surface area contributed by atoms with Crippen LogP contribution in [0.5, 0.6) is 5.75 Å². The van der Waals surface area contributed by atoms with Crippen molar-refractivity contribution >= 4 is 28.6 Å². The Morgan fingerprint density at radius 2 is 2.00 bits per heavy atom. The van der Waals surface area contributed by atoms with Crippen LogP contribution in [0.25, 0.3) is 11.2 Å². The van der Waals surface area contributed by atoms with Gasteiger partial charge in [0.1, 0.15) is 11.3 Å². The second kappa shape index (κ2) is 7.69. The molecule has 4 rings (SSSR count). The van der Waals surface area contributed by atoms with Crippen LogP contribution in [0.1, 0.15) is 5.56 Å². The van der Waals surface area contributed by atoms with Gasteiger partial charge in [-0.25, -0.2) is 4.98 Å². The van der Waals surface area contributed by atoms with Crippen LogP contribution in [0.2, 0.25) is 0 Å². The number of benzene rings is 1.